The van der Waals surface area contributed by atoms with Gasteiger partial charge in [-0.2, -0.15) is 0 Å². The van der Waals surface area contributed by atoms with Gasteiger partial charge in [0, 0.05) is 0 Å². The summed E-state index contributed by atoms with van der Waals surface area (Å²) < 4.78 is 5.85. The maximum absolute atomic E-state index is 11.6. The molecule has 0 N–H and O–H groups in total. The number of carbonyl (C=O) groups excluding carboxylic acids is 1. The molecule has 0 saturated carbocycles. The fourth-order valence-corrected chi connectivity index (χ4v) is 2.15. The Kier molecular flexibility index (Phi) is 4.46. The molecular formula is C19H22O2. The summed E-state index contributed by atoms with van der Waals surface area (Å²) in [7, 11) is 0. The van der Waals surface area contributed by atoms with Gasteiger partial charge < -0.3 is 4.74 Å². The van der Waals surface area contributed by atoms with Gasteiger partial charge in [-0.25, -0.2) is 0 Å². The van der Waals surface area contributed by atoms with Crippen LogP contribution in [0.1, 0.15) is 50.0 Å². The number of para-hydroxylation sites is 1. The lowest BCUT2D eigenvalue weighted by Crippen LogP contribution is -2.14. The first-order valence-electron chi connectivity index (χ1n) is 7.32. The standard InChI is InChI=1S/C19H22O2/c1-5-19(3,4)15-10-12-16(13-11-15)21-18-9-7-6-8-17(18)14(2)20/h6-13H,5H2,1-4H3. The van der Waals surface area contributed by atoms with Gasteiger partial charge in [-0.3, -0.25) is 4.79 Å². The number of ketones is 1. The van der Waals surface area contributed by atoms with Gasteiger partial charge in [0.1, 0.15) is 11.5 Å². The third-order valence-electron chi connectivity index (χ3n) is 4.01. The average molecular weight is 282 g/mol. The van der Waals surface area contributed by atoms with E-state index in [4.69, 9.17) is 4.74 Å². The molecule has 0 heterocycles. The molecule has 2 heteroatoms. The summed E-state index contributed by atoms with van der Waals surface area (Å²) in [5.41, 5.74) is 2.06. The molecular weight excluding hydrogens is 260 g/mol. The molecule has 110 valence electrons. The van der Waals surface area contributed by atoms with Crippen molar-refractivity contribution in [2.24, 2.45) is 0 Å². The molecule has 2 rings (SSSR count). The predicted octanol–water partition coefficient (Wildman–Crippen LogP) is 5.37. The van der Waals surface area contributed by atoms with E-state index >= 15 is 0 Å². The van der Waals surface area contributed by atoms with Crippen molar-refractivity contribution in [2.45, 2.75) is 39.5 Å². The maximum Gasteiger partial charge on any atom is 0.163 e. The zero-order valence-electron chi connectivity index (χ0n) is 13.1. The molecule has 0 aliphatic heterocycles. The van der Waals surface area contributed by atoms with Crippen molar-refractivity contribution < 1.29 is 9.53 Å². The second kappa shape index (κ2) is 6.13. The van der Waals surface area contributed by atoms with Gasteiger partial charge >= 0.3 is 0 Å². The van der Waals surface area contributed by atoms with Crippen LogP contribution in [0.5, 0.6) is 11.5 Å². The van der Waals surface area contributed by atoms with Crippen LogP contribution in [0.3, 0.4) is 0 Å². The molecule has 21 heavy (non-hydrogen) atoms. The van der Waals surface area contributed by atoms with Gasteiger partial charge in [0.15, 0.2) is 5.78 Å². The largest absolute Gasteiger partial charge is 0.457 e. The first kappa shape index (κ1) is 15.3. The smallest absolute Gasteiger partial charge is 0.163 e. The molecule has 2 aromatic rings. The lowest BCUT2D eigenvalue weighted by molar-refractivity contribution is 0.101. The third kappa shape index (κ3) is 3.52. The molecule has 0 aliphatic rings. The molecule has 0 atom stereocenters. The molecule has 0 unspecified atom stereocenters. The minimum atomic E-state index is 0.00864. The number of hydrogen-bond acceptors (Lipinski definition) is 2. The summed E-state index contributed by atoms with van der Waals surface area (Å²) in [5.74, 6) is 1.36. The molecule has 0 aromatic heterocycles. The Morgan fingerprint density at radius 2 is 1.67 bits per heavy atom. The average Bonchev–Trinajstić information content (AvgIpc) is 2.48. The summed E-state index contributed by atoms with van der Waals surface area (Å²) in [5, 5.41) is 0. The topological polar surface area (TPSA) is 26.3 Å². The van der Waals surface area contributed by atoms with E-state index in [0.717, 1.165) is 12.2 Å². The van der Waals surface area contributed by atoms with Crippen LogP contribution in [-0.4, -0.2) is 5.78 Å². The Labute approximate surface area is 126 Å². The van der Waals surface area contributed by atoms with Gasteiger partial charge in [-0.1, -0.05) is 45.0 Å². The van der Waals surface area contributed by atoms with Crippen molar-refractivity contribution in [3.63, 3.8) is 0 Å². The van der Waals surface area contributed by atoms with Crippen LogP contribution >= 0.6 is 0 Å². The Bertz CT molecular complexity index is 624. The van der Waals surface area contributed by atoms with Gasteiger partial charge in [0.25, 0.3) is 0 Å². The lowest BCUT2D eigenvalue weighted by atomic mass is 9.82. The van der Waals surface area contributed by atoms with Crippen LogP contribution in [0.4, 0.5) is 0 Å². The van der Waals surface area contributed by atoms with E-state index in [-0.39, 0.29) is 11.2 Å². The maximum atomic E-state index is 11.6. The normalized spacial score (nSPS) is 11.2. The van der Waals surface area contributed by atoms with Gasteiger partial charge in [0.05, 0.1) is 5.56 Å². The molecule has 2 aromatic carbocycles. The summed E-state index contributed by atoms with van der Waals surface area (Å²) in [4.78, 5) is 11.6. The number of Topliss-reactive ketones (excluding diaryl/α,β-unsaturated/α-hetero) is 1. The third-order valence-corrected chi connectivity index (χ3v) is 4.01. The van der Waals surface area contributed by atoms with Gasteiger partial charge in [-0.15, -0.1) is 0 Å². The highest BCUT2D eigenvalue weighted by atomic mass is 16.5. The molecule has 0 aliphatic carbocycles. The van der Waals surface area contributed by atoms with E-state index in [1.54, 1.807) is 13.0 Å². The quantitative estimate of drug-likeness (QED) is 0.689. The highest BCUT2D eigenvalue weighted by molar-refractivity contribution is 5.96. The summed E-state index contributed by atoms with van der Waals surface area (Å²) in [6.45, 7) is 8.20. The number of ether oxygens (including phenoxy) is 1. The van der Waals surface area contributed by atoms with E-state index in [2.05, 4.69) is 32.9 Å². The van der Waals surface area contributed by atoms with Crippen LogP contribution in [0.2, 0.25) is 0 Å². The van der Waals surface area contributed by atoms with Crippen LogP contribution in [-0.2, 0) is 5.41 Å². The zero-order chi connectivity index (χ0) is 15.5. The highest BCUT2D eigenvalue weighted by Gasteiger charge is 2.17. The van der Waals surface area contributed by atoms with Gasteiger partial charge in [-0.05, 0) is 48.6 Å². The monoisotopic (exact) mass is 282 g/mol. The first-order valence-corrected chi connectivity index (χ1v) is 7.32. The van der Waals surface area contributed by atoms with Crippen molar-refractivity contribution >= 4 is 5.78 Å². The zero-order valence-corrected chi connectivity index (χ0v) is 13.1. The second-order valence-corrected chi connectivity index (χ2v) is 5.92. The number of benzene rings is 2. The van der Waals surface area contributed by atoms with Crippen LogP contribution < -0.4 is 4.74 Å². The Balaban J connectivity index is 2.24. The van der Waals surface area contributed by atoms with Crippen LogP contribution in [0.25, 0.3) is 0 Å². The minimum absolute atomic E-state index is 0.00864. The number of carbonyl (C=O) groups is 1. The predicted molar refractivity (Wildman–Crippen MR) is 86.3 cm³/mol. The second-order valence-electron chi connectivity index (χ2n) is 5.92. The SMILES string of the molecule is CCC(C)(C)c1ccc(Oc2ccccc2C(C)=O)cc1. The van der Waals surface area contributed by atoms with Gasteiger partial charge in [0.2, 0.25) is 0 Å². The van der Waals surface area contributed by atoms with E-state index < -0.39 is 0 Å². The molecule has 0 amide bonds. The van der Waals surface area contributed by atoms with Crippen LogP contribution in [0.15, 0.2) is 48.5 Å². The number of hydrogen-bond donors (Lipinski definition) is 0. The minimum Gasteiger partial charge on any atom is -0.457 e. The molecule has 0 spiro atoms. The van der Waals surface area contributed by atoms with E-state index in [1.807, 2.05) is 30.3 Å². The fraction of sp³-hybridized carbons (Fsp3) is 0.316. The first-order chi connectivity index (χ1) is 9.94. The Hall–Kier alpha value is -2.09. The van der Waals surface area contributed by atoms with E-state index in [1.165, 1.54) is 5.56 Å². The Morgan fingerprint density at radius 3 is 2.24 bits per heavy atom. The summed E-state index contributed by atoms with van der Waals surface area (Å²) in [6, 6.07) is 15.4. The van der Waals surface area contributed by atoms with Crippen molar-refractivity contribution in [1.29, 1.82) is 0 Å². The molecule has 0 bridgehead atoms. The summed E-state index contributed by atoms with van der Waals surface area (Å²) >= 11 is 0. The molecule has 2 nitrogen and oxygen atoms in total. The van der Waals surface area contributed by atoms with Crippen LogP contribution in [0, 0.1) is 0 Å². The molecule has 0 fully saturated rings. The van der Waals surface area contributed by atoms with E-state index in [9.17, 15) is 4.79 Å². The molecule has 0 radical (unpaired) electrons. The lowest BCUT2D eigenvalue weighted by Gasteiger charge is -2.23. The van der Waals surface area contributed by atoms with Crippen molar-refractivity contribution in [3.05, 3.63) is 59.7 Å². The fourth-order valence-electron chi connectivity index (χ4n) is 2.15. The van der Waals surface area contributed by atoms with Crippen molar-refractivity contribution in [3.8, 4) is 11.5 Å². The van der Waals surface area contributed by atoms with E-state index in [0.29, 0.717) is 11.3 Å². The summed E-state index contributed by atoms with van der Waals surface area (Å²) in [6.07, 6.45) is 1.08. The number of rotatable bonds is 5. The van der Waals surface area contributed by atoms with Crippen molar-refractivity contribution in [1.82, 2.24) is 0 Å². The molecule has 0 saturated heterocycles. The highest BCUT2D eigenvalue weighted by Crippen LogP contribution is 2.30. The Morgan fingerprint density at radius 1 is 1.05 bits per heavy atom. The van der Waals surface area contributed by atoms with Crippen molar-refractivity contribution in [2.75, 3.05) is 0 Å².